The van der Waals surface area contributed by atoms with Gasteiger partial charge < -0.3 is 5.11 Å². The van der Waals surface area contributed by atoms with E-state index in [0.717, 1.165) is 0 Å². The van der Waals surface area contributed by atoms with Crippen molar-refractivity contribution in [3.8, 4) is 0 Å². The van der Waals surface area contributed by atoms with Gasteiger partial charge in [-0.15, -0.1) is 0 Å². The molecule has 1 fully saturated rings. The van der Waals surface area contributed by atoms with Crippen LogP contribution in [0, 0.1) is 17.0 Å². The van der Waals surface area contributed by atoms with Crippen LogP contribution < -0.4 is 0 Å². The van der Waals surface area contributed by atoms with Crippen LogP contribution in [-0.4, -0.2) is 29.1 Å². The Kier molecular flexibility index (Phi) is 3.85. The molecule has 104 valence electrons. The Balaban J connectivity index is 2.13. The van der Waals surface area contributed by atoms with Gasteiger partial charge in [0.1, 0.15) is 11.6 Å². The van der Waals surface area contributed by atoms with Crippen molar-refractivity contribution in [2.45, 2.75) is 26.3 Å². The first-order chi connectivity index (χ1) is 8.98. The van der Waals surface area contributed by atoms with Crippen molar-refractivity contribution in [2.75, 3.05) is 13.1 Å². The van der Waals surface area contributed by atoms with Crippen LogP contribution in [0.15, 0.2) is 18.2 Å². The summed E-state index contributed by atoms with van der Waals surface area (Å²) in [5, 5.41) is 9.28. The lowest BCUT2D eigenvalue weighted by atomic mass is 9.84. The molecular weight excluding hydrogens is 252 g/mol. The van der Waals surface area contributed by atoms with E-state index in [9.17, 15) is 18.7 Å². The number of nitrogens with zero attached hydrogens (tertiary/aromatic N) is 1. The SMILES string of the molecule is CCC1(C(=O)O)CCN(Cc2c(F)cccc2F)C1. The summed E-state index contributed by atoms with van der Waals surface area (Å²) in [6.07, 6.45) is 1.05. The smallest absolute Gasteiger partial charge is 0.310 e. The van der Waals surface area contributed by atoms with E-state index in [0.29, 0.717) is 25.9 Å². The van der Waals surface area contributed by atoms with Crippen molar-refractivity contribution in [3.63, 3.8) is 0 Å². The standard InChI is InChI=1S/C14H17F2NO2/c1-2-14(13(18)19)6-7-17(9-14)8-10-11(15)4-3-5-12(10)16/h3-5H,2,6-9H2,1H3,(H,18,19). The Morgan fingerprint density at radius 1 is 1.42 bits per heavy atom. The van der Waals surface area contributed by atoms with Crippen LogP contribution in [0.5, 0.6) is 0 Å². The quantitative estimate of drug-likeness (QED) is 0.913. The van der Waals surface area contributed by atoms with Gasteiger partial charge in [-0.05, 0) is 31.5 Å². The van der Waals surface area contributed by atoms with E-state index in [-0.39, 0.29) is 12.1 Å². The van der Waals surface area contributed by atoms with E-state index in [4.69, 9.17) is 0 Å². The zero-order valence-electron chi connectivity index (χ0n) is 10.8. The Morgan fingerprint density at radius 3 is 2.53 bits per heavy atom. The molecule has 0 saturated carbocycles. The lowest BCUT2D eigenvalue weighted by Gasteiger charge is -2.23. The molecule has 0 aromatic heterocycles. The zero-order valence-corrected chi connectivity index (χ0v) is 10.8. The van der Waals surface area contributed by atoms with Gasteiger partial charge >= 0.3 is 5.97 Å². The van der Waals surface area contributed by atoms with Gasteiger partial charge in [-0.3, -0.25) is 9.69 Å². The number of rotatable bonds is 4. The van der Waals surface area contributed by atoms with Gasteiger partial charge in [0.15, 0.2) is 0 Å². The third kappa shape index (κ3) is 2.61. The average Bonchev–Trinajstić information content (AvgIpc) is 2.79. The molecule has 1 heterocycles. The van der Waals surface area contributed by atoms with Gasteiger partial charge in [0.25, 0.3) is 0 Å². The number of carboxylic acid groups (broad SMARTS) is 1. The molecule has 0 aliphatic carbocycles. The van der Waals surface area contributed by atoms with Crippen LogP contribution in [0.1, 0.15) is 25.3 Å². The van der Waals surface area contributed by atoms with Crippen LogP contribution in [0.2, 0.25) is 0 Å². The van der Waals surface area contributed by atoms with E-state index >= 15 is 0 Å². The second kappa shape index (κ2) is 5.25. The van der Waals surface area contributed by atoms with Gasteiger partial charge in [0, 0.05) is 18.7 Å². The van der Waals surface area contributed by atoms with Crippen LogP contribution in [0.4, 0.5) is 8.78 Å². The summed E-state index contributed by atoms with van der Waals surface area (Å²) in [6.45, 7) is 2.84. The first-order valence-electron chi connectivity index (χ1n) is 6.37. The maximum absolute atomic E-state index is 13.6. The van der Waals surface area contributed by atoms with Crippen molar-refractivity contribution in [1.29, 1.82) is 0 Å². The topological polar surface area (TPSA) is 40.5 Å². The molecule has 1 aliphatic heterocycles. The van der Waals surface area contributed by atoms with Crippen molar-refractivity contribution in [1.82, 2.24) is 4.90 Å². The largest absolute Gasteiger partial charge is 0.481 e. The number of aliphatic carboxylic acids is 1. The molecular formula is C14H17F2NO2. The highest BCUT2D eigenvalue weighted by atomic mass is 19.1. The molecule has 5 heteroatoms. The minimum absolute atomic E-state index is 0.0137. The molecule has 1 saturated heterocycles. The molecule has 1 aromatic rings. The number of carboxylic acids is 1. The first kappa shape index (κ1) is 13.9. The van der Waals surface area contributed by atoms with Gasteiger partial charge in [-0.1, -0.05) is 13.0 Å². The fraction of sp³-hybridized carbons (Fsp3) is 0.500. The molecule has 19 heavy (non-hydrogen) atoms. The van der Waals surface area contributed by atoms with Crippen molar-refractivity contribution >= 4 is 5.97 Å². The number of hydrogen-bond donors (Lipinski definition) is 1. The third-order valence-electron chi connectivity index (χ3n) is 4.01. The highest BCUT2D eigenvalue weighted by molar-refractivity contribution is 5.75. The summed E-state index contributed by atoms with van der Waals surface area (Å²) in [4.78, 5) is 13.1. The summed E-state index contributed by atoms with van der Waals surface area (Å²) in [7, 11) is 0. The van der Waals surface area contributed by atoms with Gasteiger partial charge in [0.05, 0.1) is 5.41 Å². The van der Waals surface area contributed by atoms with Gasteiger partial charge in [0.2, 0.25) is 0 Å². The summed E-state index contributed by atoms with van der Waals surface area (Å²) in [5.74, 6) is -1.99. The molecule has 1 aliphatic rings. The van der Waals surface area contributed by atoms with E-state index in [1.165, 1.54) is 18.2 Å². The second-order valence-corrected chi connectivity index (χ2v) is 5.10. The predicted molar refractivity (Wildman–Crippen MR) is 66.6 cm³/mol. The molecule has 1 unspecified atom stereocenters. The number of carbonyl (C=O) groups is 1. The molecule has 0 radical (unpaired) electrons. The monoisotopic (exact) mass is 269 g/mol. The number of likely N-dealkylation sites (tertiary alicyclic amines) is 1. The molecule has 3 nitrogen and oxygen atoms in total. The summed E-state index contributed by atoms with van der Waals surface area (Å²) < 4.78 is 27.1. The average molecular weight is 269 g/mol. The molecule has 1 aromatic carbocycles. The van der Waals surface area contributed by atoms with Crippen molar-refractivity contribution in [2.24, 2.45) is 5.41 Å². The van der Waals surface area contributed by atoms with E-state index in [1.807, 2.05) is 6.92 Å². The normalized spacial score (nSPS) is 23.7. The summed E-state index contributed by atoms with van der Waals surface area (Å²) >= 11 is 0. The number of halogens is 2. The summed E-state index contributed by atoms with van der Waals surface area (Å²) in [5.41, 5.74) is -0.762. The molecule has 0 amide bonds. The van der Waals surface area contributed by atoms with Crippen LogP contribution in [-0.2, 0) is 11.3 Å². The van der Waals surface area contributed by atoms with E-state index in [1.54, 1.807) is 4.90 Å². The number of hydrogen-bond acceptors (Lipinski definition) is 2. The maximum atomic E-state index is 13.6. The predicted octanol–water partition coefficient (Wildman–Crippen LogP) is 2.65. The number of benzene rings is 1. The van der Waals surface area contributed by atoms with Crippen molar-refractivity contribution < 1.29 is 18.7 Å². The minimum atomic E-state index is -0.827. The molecule has 0 spiro atoms. The van der Waals surface area contributed by atoms with Crippen molar-refractivity contribution in [3.05, 3.63) is 35.4 Å². The summed E-state index contributed by atoms with van der Waals surface area (Å²) in [6, 6.07) is 3.77. The maximum Gasteiger partial charge on any atom is 0.310 e. The first-order valence-corrected chi connectivity index (χ1v) is 6.37. The fourth-order valence-corrected chi connectivity index (χ4v) is 2.61. The highest BCUT2D eigenvalue weighted by Crippen LogP contribution is 2.35. The molecule has 0 bridgehead atoms. The Morgan fingerprint density at radius 2 is 2.05 bits per heavy atom. The van der Waals surface area contributed by atoms with E-state index in [2.05, 4.69) is 0 Å². The van der Waals surface area contributed by atoms with Gasteiger partial charge in [-0.2, -0.15) is 0 Å². The second-order valence-electron chi connectivity index (χ2n) is 5.10. The lowest BCUT2D eigenvalue weighted by Crippen LogP contribution is -2.34. The van der Waals surface area contributed by atoms with Crippen LogP contribution in [0.3, 0.4) is 0 Å². The fourth-order valence-electron chi connectivity index (χ4n) is 2.61. The molecule has 1 atom stereocenters. The molecule has 2 rings (SSSR count). The Bertz CT molecular complexity index is 472. The Hall–Kier alpha value is -1.49. The van der Waals surface area contributed by atoms with E-state index < -0.39 is 23.0 Å². The third-order valence-corrected chi connectivity index (χ3v) is 4.01. The zero-order chi connectivity index (χ0) is 14.0. The Labute approximate surface area is 110 Å². The van der Waals surface area contributed by atoms with Crippen LogP contribution in [0.25, 0.3) is 0 Å². The highest BCUT2D eigenvalue weighted by Gasteiger charge is 2.43. The molecule has 1 N–H and O–H groups in total. The lowest BCUT2D eigenvalue weighted by molar-refractivity contribution is -0.148. The van der Waals surface area contributed by atoms with Crippen LogP contribution >= 0.6 is 0 Å². The minimum Gasteiger partial charge on any atom is -0.481 e. The van der Waals surface area contributed by atoms with Gasteiger partial charge in [-0.25, -0.2) is 8.78 Å².